The Morgan fingerprint density at radius 3 is 2.78 bits per heavy atom. The Bertz CT molecular complexity index is 1260. The third-order valence-electron chi connectivity index (χ3n) is 5.29. The van der Waals surface area contributed by atoms with Crippen molar-refractivity contribution < 1.29 is 23.7 Å². The molecule has 3 aromatic rings. The summed E-state index contributed by atoms with van der Waals surface area (Å²) < 4.78 is 23.0. The van der Waals surface area contributed by atoms with Crippen molar-refractivity contribution >= 4 is 17.7 Å². The molecular formula is C25H29N7O5. The number of amides is 1. The summed E-state index contributed by atoms with van der Waals surface area (Å²) in [5.41, 5.74) is 0.981. The minimum atomic E-state index is -0.568. The normalized spacial score (nSPS) is 15.5. The van der Waals surface area contributed by atoms with Crippen LogP contribution in [0.1, 0.15) is 26.5 Å². The number of ether oxygens (including phenoxy) is 4. The number of morpholine rings is 1. The van der Waals surface area contributed by atoms with Crippen LogP contribution >= 0.6 is 0 Å². The number of methoxy groups -OCH3 is 1. The number of H-pyrrole nitrogens is 1. The topological polar surface area (TPSA) is 148 Å². The monoisotopic (exact) mass is 507 g/mol. The molecule has 1 amide bonds. The predicted molar refractivity (Wildman–Crippen MR) is 134 cm³/mol. The second-order valence-electron chi connectivity index (χ2n) is 9.25. The van der Waals surface area contributed by atoms with Gasteiger partial charge in [-0.25, -0.2) is 14.8 Å². The van der Waals surface area contributed by atoms with Gasteiger partial charge in [-0.3, -0.25) is 5.10 Å². The van der Waals surface area contributed by atoms with E-state index in [-0.39, 0.29) is 24.5 Å². The number of hydrogen-bond donors (Lipinski definition) is 2. The SMILES string of the molecule is COc1cccc(OC[C@H]2CN(C(=O)OC(C)(C)C)CCO2)c1-c1cc(Nc2cnc(C#N)cn2)n[nH]1. The van der Waals surface area contributed by atoms with Crippen molar-refractivity contribution in [2.24, 2.45) is 0 Å². The zero-order valence-electron chi connectivity index (χ0n) is 21.1. The summed E-state index contributed by atoms with van der Waals surface area (Å²) in [5.74, 6) is 2.09. The summed E-state index contributed by atoms with van der Waals surface area (Å²) >= 11 is 0. The van der Waals surface area contributed by atoms with Crippen LogP contribution in [-0.4, -0.2) is 76.3 Å². The number of hydrogen-bond acceptors (Lipinski definition) is 10. The number of benzene rings is 1. The first-order valence-corrected chi connectivity index (χ1v) is 11.7. The molecule has 37 heavy (non-hydrogen) atoms. The van der Waals surface area contributed by atoms with E-state index >= 15 is 0 Å². The predicted octanol–water partition coefficient (Wildman–Crippen LogP) is 3.51. The molecule has 0 spiro atoms. The molecule has 0 aliphatic carbocycles. The van der Waals surface area contributed by atoms with Crippen LogP contribution < -0.4 is 14.8 Å². The van der Waals surface area contributed by atoms with Crippen LogP contribution in [0.3, 0.4) is 0 Å². The van der Waals surface area contributed by atoms with Gasteiger partial charge in [0.2, 0.25) is 0 Å². The highest BCUT2D eigenvalue weighted by Gasteiger charge is 2.29. The molecule has 1 aliphatic rings. The van der Waals surface area contributed by atoms with E-state index in [2.05, 4.69) is 25.5 Å². The molecule has 0 bridgehead atoms. The number of nitriles is 1. The average molecular weight is 508 g/mol. The van der Waals surface area contributed by atoms with Crippen LogP contribution in [0, 0.1) is 11.3 Å². The van der Waals surface area contributed by atoms with Crippen LogP contribution in [0.25, 0.3) is 11.3 Å². The van der Waals surface area contributed by atoms with Crippen molar-refractivity contribution in [1.29, 1.82) is 5.26 Å². The Kier molecular flexibility index (Phi) is 7.74. The van der Waals surface area contributed by atoms with Gasteiger partial charge in [0.15, 0.2) is 11.5 Å². The maximum absolute atomic E-state index is 12.5. The number of carbonyl (C=O) groups is 1. The van der Waals surface area contributed by atoms with Gasteiger partial charge in [0, 0.05) is 12.6 Å². The Hall–Kier alpha value is -4.37. The van der Waals surface area contributed by atoms with E-state index in [9.17, 15) is 4.79 Å². The quantitative estimate of drug-likeness (QED) is 0.487. The molecule has 194 valence electrons. The fraction of sp³-hybridized carbons (Fsp3) is 0.400. The maximum atomic E-state index is 12.5. The van der Waals surface area contributed by atoms with Crippen molar-refractivity contribution in [1.82, 2.24) is 25.1 Å². The molecule has 1 saturated heterocycles. The minimum Gasteiger partial charge on any atom is -0.496 e. The average Bonchev–Trinajstić information content (AvgIpc) is 3.34. The van der Waals surface area contributed by atoms with Crippen molar-refractivity contribution in [2.45, 2.75) is 32.5 Å². The van der Waals surface area contributed by atoms with Gasteiger partial charge in [-0.1, -0.05) is 6.07 Å². The van der Waals surface area contributed by atoms with Crippen molar-refractivity contribution in [3.05, 3.63) is 42.4 Å². The third kappa shape index (κ3) is 6.65. The summed E-state index contributed by atoms with van der Waals surface area (Å²) in [7, 11) is 1.58. The van der Waals surface area contributed by atoms with E-state index in [1.54, 1.807) is 18.1 Å². The van der Waals surface area contributed by atoms with Gasteiger partial charge in [0.25, 0.3) is 0 Å². The Labute approximate surface area is 214 Å². The number of rotatable bonds is 7. The molecular weight excluding hydrogens is 478 g/mol. The van der Waals surface area contributed by atoms with Crippen molar-refractivity contribution in [3.63, 3.8) is 0 Å². The van der Waals surface area contributed by atoms with E-state index in [1.165, 1.54) is 12.4 Å². The lowest BCUT2D eigenvalue weighted by atomic mass is 10.1. The number of anilines is 2. The molecule has 2 aromatic heterocycles. The molecule has 1 fully saturated rings. The fourth-order valence-corrected chi connectivity index (χ4v) is 3.66. The zero-order valence-corrected chi connectivity index (χ0v) is 21.1. The van der Waals surface area contributed by atoms with Gasteiger partial charge < -0.3 is 29.2 Å². The van der Waals surface area contributed by atoms with Gasteiger partial charge in [0.05, 0.1) is 43.9 Å². The number of nitrogens with one attached hydrogen (secondary N) is 2. The number of aromatic amines is 1. The summed E-state index contributed by atoms with van der Waals surface area (Å²) in [5, 5.41) is 19.2. The number of nitrogens with zero attached hydrogens (tertiary/aromatic N) is 5. The lowest BCUT2D eigenvalue weighted by Crippen LogP contribution is -2.49. The van der Waals surface area contributed by atoms with Gasteiger partial charge in [-0.05, 0) is 32.9 Å². The highest BCUT2D eigenvalue weighted by Crippen LogP contribution is 2.38. The zero-order chi connectivity index (χ0) is 26.4. The molecule has 0 radical (unpaired) electrons. The van der Waals surface area contributed by atoms with E-state index in [1.807, 2.05) is 45.0 Å². The largest absolute Gasteiger partial charge is 0.496 e. The Balaban J connectivity index is 1.46. The van der Waals surface area contributed by atoms with Crippen LogP contribution in [0.15, 0.2) is 36.7 Å². The molecule has 4 rings (SSSR count). The van der Waals surface area contributed by atoms with Crippen LogP contribution in [-0.2, 0) is 9.47 Å². The molecule has 2 N–H and O–H groups in total. The van der Waals surface area contributed by atoms with Crippen LogP contribution in [0.4, 0.5) is 16.4 Å². The van der Waals surface area contributed by atoms with Gasteiger partial charge in [-0.2, -0.15) is 10.4 Å². The van der Waals surface area contributed by atoms with Crippen LogP contribution in [0.5, 0.6) is 11.5 Å². The van der Waals surface area contributed by atoms with Gasteiger partial charge in [0.1, 0.15) is 41.7 Å². The van der Waals surface area contributed by atoms with Crippen LogP contribution in [0.2, 0.25) is 0 Å². The number of aromatic nitrogens is 4. The standard InChI is InChI=1S/C25H29N7O5/c1-25(2,3)37-24(33)32-8-9-35-17(14-32)15-36-20-7-5-6-19(34-4)23(20)18-10-21(31-30-18)29-22-13-27-16(11-26)12-28-22/h5-7,10,12-13,17H,8-9,14-15H2,1-4H3,(H2,28,29,30,31)/t17-/m1/s1. The summed E-state index contributed by atoms with van der Waals surface area (Å²) in [6.07, 6.45) is 2.14. The first-order valence-electron chi connectivity index (χ1n) is 11.7. The Morgan fingerprint density at radius 2 is 2.08 bits per heavy atom. The summed E-state index contributed by atoms with van der Waals surface area (Å²) in [4.78, 5) is 22.2. The molecule has 0 saturated carbocycles. The first kappa shape index (κ1) is 25.7. The lowest BCUT2D eigenvalue weighted by molar-refractivity contribution is -0.0556. The third-order valence-corrected chi connectivity index (χ3v) is 5.29. The van der Waals surface area contributed by atoms with E-state index in [4.69, 9.17) is 24.2 Å². The molecule has 1 atom stereocenters. The first-order chi connectivity index (χ1) is 17.8. The molecule has 0 unspecified atom stereocenters. The number of carbonyl (C=O) groups excluding carboxylic acids is 1. The summed E-state index contributed by atoms with van der Waals surface area (Å²) in [6, 6.07) is 9.19. The van der Waals surface area contributed by atoms with Gasteiger partial charge >= 0.3 is 6.09 Å². The minimum absolute atomic E-state index is 0.222. The van der Waals surface area contributed by atoms with E-state index in [0.717, 1.165) is 0 Å². The highest BCUT2D eigenvalue weighted by molar-refractivity contribution is 5.76. The molecule has 12 nitrogen and oxygen atoms in total. The van der Waals surface area contributed by atoms with E-state index in [0.29, 0.717) is 54.1 Å². The van der Waals surface area contributed by atoms with Crippen molar-refractivity contribution in [3.8, 4) is 28.8 Å². The smallest absolute Gasteiger partial charge is 0.410 e. The Morgan fingerprint density at radius 1 is 1.27 bits per heavy atom. The lowest BCUT2D eigenvalue weighted by Gasteiger charge is -2.34. The fourth-order valence-electron chi connectivity index (χ4n) is 3.66. The summed E-state index contributed by atoms with van der Waals surface area (Å²) in [6.45, 7) is 6.95. The van der Waals surface area contributed by atoms with E-state index < -0.39 is 5.60 Å². The van der Waals surface area contributed by atoms with Gasteiger partial charge in [-0.15, -0.1) is 0 Å². The molecule has 1 aliphatic heterocycles. The molecule has 1 aromatic carbocycles. The highest BCUT2D eigenvalue weighted by atomic mass is 16.6. The second-order valence-corrected chi connectivity index (χ2v) is 9.25. The second kappa shape index (κ2) is 11.1. The molecule has 12 heteroatoms. The van der Waals surface area contributed by atoms with Crippen molar-refractivity contribution in [2.75, 3.05) is 38.7 Å². The molecule has 3 heterocycles. The maximum Gasteiger partial charge on any atom is 0.410 e.